The van der Waals surface area contributed by atoms with Crippen molar-refractivity contribution >= 4 is 29.8 Å². The summed E-state index contributed by atoms with van der Waals surface area (Å²) in [4.78, 5) is 56.1. The Hall–Kier alpha value is -2.65. The molecule has 0 heterocycles. The first-order valence-electron chi connectivity index (χ1n) is 8.40. The van der Waals surface area contributed by atoms with Gasteiger partial charge in [-0.1, -0.05) is 0 Å². The Morgan fingerprint density at radius 1 is 0.704 bits per heavy atom. The van der Waals surface area contributed by atoms with E-state index < -0.39 is 42.2 Å². The van der Waals surface area contributed by atoms with Crippen molar-refractivity contribution in [3.8, 4) is 0 Å². The molecule has 27 heavy (non-hydrogen) atoms. The maximum Gasteiger partial charge on any atom is 0.303 e. The van der Waals surface area contributed by atoms with Crippen LogP contribution in [-0.2, 0) is 42.9 Å². The van der Waals surface area contributed by atoms with Crippen LogP contribution < -0.4 is 5.32 Å². The van der Waals surface area contributed by atoms with Crippen LogP contribution in [0.25, 0.3) is 0 Å². The van der Waals surface area contributed by atoms with Crippen LogP contribution >= 0.6 is 0 Å². The molecule has 0 saturated carbocycles. The van der Waals surface area contributed by atoms with Gasteiger partial charge in [-0.25, -0.2) is 0 Å². The van der Waals surface area contributed by atoms with E-state index in [9.17, 15) is 24.0 Å². The molecule has 3 atom stereocenters. The van der Waals surface area contributed by atoms with Gasteiger partial charge in [0.05, 0.1) is 6.54 Å². The number of hydrogen-bond donors (Lipinski definition) is 1. The molecule has 0 saturated heterocycles. The summed E-state index contributed by atoms with van der Waals surface area (Å²) in [6, 6.07) is 0. The lowest BCUT2D eigenvalue weighted by molar-refractivity contribution is -0.174. The lowest BCUT2D eigenvalue weighted by atomic mass is 10.0. The molecule has 1 N–H and O–H groups in total. The Morgan fingerprint density at radius 2 is 1.22 bits per heavy atom. The van der Waals surface area contributed by atoms with Gasteiger partial charge in [-0.05, 0) is 12.8 Å². The van der Waals surface area contributed by atoms with E-state index >= 15 is 0 Å². The third kappa shape index (κ3) is 13.2. The van der Waals surface area contributed by atoms with Gasteiger partial charge in [0, 0.05) is 34.6 Å². The minimum absolute atomic E-state index is 0.0733. The molecular weight excluding hydrogens is 362 g/mol. The summed E-state index contributed by atoms with van der Waals surface area (Å²) in [6.07, 6.45) is -2.28. The zero-order valence-corrected chi connectivity index (χ0v) is 16.2. The Bertz CT molecular complexity index is 547. The molecule has 0 aromatic carbocycles. The van der Waals surface area contributed by atoms with Crippen molar-refractivity contribution in [3.63, 3.8) is 0 Å². The Morgan fingerprint density at radius 3 is 1.67 bits per heavy atom. The largest absolute Gasteiger partial charge is 0.462 e. The van der Waals surface area contributed by atoms with Crippen LogP contribution in [0.5, 0.6) is 0 Å². The van der Waals surface area contributed by atoms with E-state index in [0.29, 0.717) is 0 Å². The molecule has 0 aliphatic heterocycles. The van der Waals surface area contributed by atoms with E-state index in [1.807, 2.05) is 0 Å². The standard InChI is InChI=1S/C17H27NO9/c1-10(19)18-8-15(25-12(3)21)6-7-16(26-13(4)22)17(27-14(5)23)9-24-11(2)20/h15-17H,6-9H2,1-5H3,(H,18,19). The van der Waals surface area contributed by atoms with Crippen molar-refractivity contribution < 1.29 is 42.9 Å². The van der Waals surface area contributed by atoms with E-state index in [1.165, 1.54) is 34.6 Å². The second-order valence-corrected chi connectivity index (χ2v) is 5.84. The van der Waals surface area contributed by atoms with Gasteiger partial charge >= 0.3 is 23.9 Å². The van der Waals surface area contributed by atoms with Gasteiger partial charge in [0.25, 0.3) is 0 Å². The van der Waals surface area contributed by atoms with Gasteiger partial charge in [0.1, 0.15) is 18.8 Å². The molecular formula is C17H27NO9. The molecule has 1 amide bonds. The third-order valence-electron chi connectivity index (χ3n) is 3.18. The van der Waals surface area contributed by atoms with E-state index in [4.69, 9.17) is 18.9 Å². The summed E-state index contributed by atoms with van der Waals surface area (Å²) < 4.78 is 20.3. The molecule has 0 radical (unpaired) electrons. The number of amides is 1. The predicted molar refractivity (Wildman–Crippen MR) is 91.2 cm³/mol. The van der Waals surface area contributed by atoms with Crippen molar-refractivity contribution in [1.29, 1.82) is 0 Å². The Kier molecular flexibility index (Phi) is 11.4. The summed E-state index contributed by atoms with van der Waals surface area (Å²) in [5.41, 5.74) is 0. The van der Waals surface area contributed by atoms with Crippen LogP contribution in [0.3, 0.4) is 0 Å². The molecule has 0 fully saturated rings. The molecule has 0 bridgehead atoms. The van der Waals surface area contributed by atoms with Crippen LogP contribution in [0.2, 0.25) is 0 Å². The highest BCUT2D eigenvalue weighted by Gasteiger charge is 2.30. The average Bonchev–Trinajstić information content (AvgIpc) is 2.51. The summed E-state index contributed by atoms with van der Waals surface area (Å²) in [5, 5.41) is 2.54. The zero-order chi connectivity index (χ0) is 21.0. The van der Waals surface area contributed by atoms with Gasteiger partial charge in [-0.15, -0.1) is 0 Å². The summed E-state index contributed by atoms with van der Waals surface area (Å²) in [7, 11) is 0. The number of ether oxygens (including phenoxy) is 4. The van der Waals surface area contributed by atoms with Crippen molar-refractivity contribution in [2.24, 2.45) is 0 Å². The van der Waals surface area contributed by atoms with E-state index in [-0.39, 0.29) is 31.9 Å². The Labute approximate surface area is 157 Å². The van der Waals surface area contributed by atoms with Gasteiger partial charge in [-0.3, -0.25) is 24.0 Å². The van der Waals surface area contributed by atoms with Crippen LogP contribution in [0, 0.1) is 0 Å². The minimum atomic E-state index is -1.02. The maximum absolute atomic E-state index is 11.4. The van der Waals surface area contributed by atoms with E-state index in [1.54, 1.807) is 0 Å². The lowest BCUT2D eigenvalue weighted by Gasteiger charge is -2.27. The summed E-state index contributed by atoms with van der Waals surface area (Å²) >= 11 is 0. The number of carbonyl (C=O) groups is 5. The van der Waals surface area contributed by atoms with Gasteiger partial charge in [0.15, 0.2) is 6.10 Å². The molecule has 10 nitrogen and oxygen atoms in total. The minimum Gasteiger partial charge on any atom is -0.462 e. The van der Waals surface area contributed by atoms with Crippen LogP contribution in [0.4, 0.5) is 0 Å². The highest BCUT2D eigenvalue weighted by atomic mass is 16.6. The lowest BCUT2D eigenvalue weighted by Crippen LogP contribution is -2.40. The molecule has 154 valence electrons. The molecule has 0 rings (SSSR count). The first-order valence-corrected chi connectivity index (χ1v) is 8.40. The topological polar surface area (TPSA) is 134 Å². The first-order chi connectivity index (χ1) is 12.5. The van der Waals surface area contributed by atoms with Crippen molar-refractivity contribution in [1.82, 2.24) is 5.32 Å². The molecule has 0 aromatic rings. The van der Waals surface area contributed by atoms with Crippen LogP contribution in [0.1, 0.15) is 47.5 Å². The number of esters is 4. The molecule has 3 unspecified atom stereocenters. The third-order valence-corrected chi connectivity index (χ3v) is 3.18. The zero-order valence-electron chi connectivity index (χ0n) is 16.2. The van der Waals surface area contributed by atoms with E-state index in [2.05, 4.69) is 5.32 Å². The van der Waals surface area contributed by atoms with Crippen molar-refractivity contribution in [2.75, 3.05) is 13.2 Å². The number of hydrogen-bond acceptors (Lipinski definition) is 9. The second kappa shape index (κ2) is 12.7. The maximum atomic E-state index is 11.4. The van der Waals surface area contributed by atoms with Gasteiger partial charge in [-0.2, -0.15) is 0 Å². The highest BCUT2D eigenvalue weighted by Crippen LogP contribution is 2.16. The Balaban J connectivity index is 5.14. The highest BCUT2D eigenvalue weighted by molar-refractivity contribution is 5.73. The fourth-order valence-electron chi connectivity index (χ4n) is 2.21. The molecule has 10 heteroatoms. The average molecular weight is 389 g/mol. The normalized spacial score (nSPS) is 13.5. The van der Waals surface area contributed by atoms with E-state index in [0.717, 1.165) is 0 Å². The number of nitrogens with one attached hydrogen (secondary N) is 1. The monoisotopic (exact) mass is 389 g/mol. The summed E-state index contributed by atoms with van der Waals surface area (Å²) in [6.45, 7) is 5.88. The van der Waals surface area contributed by atoms with Gasteiger partial charge in [0.2, 0.25) is 5.91 Å². The molecule has 0 spiro atoms. The molecule has 0 aliphatic carbocycles. The summed E-state index contributed by atoms with van der Waals surface area (Å²) in [5.74, 6) is -2.68. The quantitative estimate of drug-likeness (QED) is 0.390. The first kappa shape index (κ1) is 24.4. The SMILES string of the molecule is CC(=O)NCC(CCC(OC(C)=O)C(COC(C)=O)OC(C)=O)OC(C)=O. The smallest absolute Gasteiger partial charge is 0.303 e. The fourth-order valence-corrected chi connectivity index (χ4v) is 2.21. The molecule has 0 aliphatic rings. The molecule has 0 aromatic heterocycles. The van der Waals surface area contributed by atoms with Crippen molar-refractivity contribution in [2.45, 2.75) is 65.8 Å². The van der Waals surface area contributed by atoms with Crippen LogP contribution in [-0.4, -0.2) is 61.2 Å². The van der Waals surface area contributed by atoms with Crippen LogP contribution in [0.15, 0.2) is 0 Å². The van der Waals surface area contributed by atoms with Gasteiger partial charge < -0.3 is 24.3 Å². The number of carbonyl (C=O) groups excluding carboxylic acids is 5. The van der Waals surface area contributed by atoms with Crippen molar-refractivity contribution in [3.05, 3.63) is 0 Å². The second-order valence-electron chi connectivity index (χ2n) is 5.84. The predicted octanol–water partition coefficient (Wildman–Crippen LogP) is 0.261. The number of rotatable bonds is 11. The fraction of sp³-hybridized carbons (Fsp3) is 0.706.